The Morgan fingerprint density at radius 3 is 2.29 bits per heavy atom. The SMILES string of the molecule is Cc1ccc(-c2oc3c(C)cc(C)cc3c(=O)c2OC(=O)c2ccc(Cl)cc2Cl)cc1. The van der Waals surface area contributed by atoms with Crippen molar-refractivity contribution in [2.75, 3.05) is 0 Å². The fourth-order valence-corrected chi connectivity index (χ4v) is 3.91. The quantitative estimate of drug-likeness (QED) is 0.316. The highest BCUT2D eigenvalue weighted by Crippen LogP contribution is 2.33. The number of hydrogen-bond donors (Lipinski definition) is 0. The first-order chi connectivity index (χ1) is 14.7. The van der Waals surface area contributed by atoms with Crippen molar-refractivity contribution >= 4 is 40.1 Å². The molecule has 0 unspecified atom stereocenters. The molecule has 156 valence electrons. The Morgan fingerprint density at radius 2 is 1.61 bits per heavy atom. The van der Waals surface area contributed by atoms with Crippen LogP contribution >= 0.6 is 23.2 Å². The lowest BCUT2D eigenvalue weighted by Crippen LogP contribution is -2.17. The largest absolute Gasteiger partial charge is 0.452 e. The summed E-state index contributed by atoms with van der Waals surface area (Å²) in [7, 11) is 0. The third-order valence-electron chi connectivity index (χ3n) is 4.94. The number of benzene rings is 3. The Bertz CT molecular complexity index is 1390. The maximum absolute atomic E-state index is 13.4. The zero-order valence-corrected chi connectivity index (χ0v) is 18.6. The van der Waals surface area contributed by atoms with Gasteiger partial charge in [-0.15, -0.1) is 0 Å². The molecule has 0 saturated carbocycles. The van der Waals surface area contributed by atoms with Crippen LogP contribution in [0.3, 0.4) is 0 Å². The van der Waals surface area contributed by atoms with Crippen LogP contribution in [0.25, 0.3) is 22.3 Å². The number of ether oxygens (including phenoxy) is 1. The molecule has 0 aliphatic rings. The molecule has 1 heterocycles. The molecule has 0 N–H and O–H groups in total. The van der Waals surface area contributed by atoms with Gasteiger partial charge < -0.3 is 9.15 Å². The van der Waals surface area contributed by atoms with Crippen LogP contribution in [-0.2, 0) is 0 Å². The minimum Gasteiger partial charge on any atom is -0.452 e. The van der Waals surface area contributed by atoms with Gasteiger partial charge in [-0.3, -0.25) is 4.79 Å². The molecular weight excluding hydrogens is 435 g/mol. The van der Waals surface area contributed by atoms with E-state index in [2.05, 4.69) is 0 Å². The maximum Gasteiger partial charge on any atom is 0.345 e. The lowest BCUT2D eigenvalue weighted by molar-refractivity contribution is 0.0731. The van der Waals surface area contributed by atoms with Crippen LogP contribution in [0.1, 0.15) is 27.0 Å². The van der Waals surface area contributed by atoms with E-state index in [1.165, 1.54) is 18.2 Å². The summed E-state index contributed by atoms with van der Waals surface area (Å²) in [6, 6.07) is 15.5. The summed E-state index contributed by atoms with van der Waals surface area (Å²) in [6.07, 6.45) is 0. The second-order valence-electron chi connectivity index (χ2n) is 7.43. The number of halogens is 2. The Hall–Kier alpha value is -3.08. The first kappa shape index (κ1) is 21.2. The van der Waals surface area contributed by atoms with Gasteiger partial charge in [-0.1, -0.05) is 59.1 Å². The van der Waals surface area contributed by atoms with E-state index in [9.17, 15) is 9.59 Å². The van der Waals surface area contributed by atoms with Crippen LogP contribution < -0.4 is 10.2 Å². The third kappa shape index (κ3) is 4.09. The summed E-state index contributed by atoms with van der Waals surface area (Å²) in [4.78, 5) is 26.3. The number of aryl methyl sites for hydroxylation is 3. The summed E-state index contributed by atoms with van der Waals surface area (Å²) in [5.74, 6) is -0.772. The molecule has 4 rings (SSSR count). The molecule has 4 nitrogen and oxygen atoms in total. The van der Waals surface area contributed by atoms with E-state index in [0.717, 1.165) is 16.7 Å². The molecule has 6 heteroatoms. The van der Waals surface area contributed by atoms with Gasteiger partial charge in [0.25, 0.3) is 0 Å². The average molecular weight is 453 g/mol. The van der Waals surface area contributed by atoms with Gasteiger partial charge in [-0.2, -0.15) is 0 Å². The lowest BCUT2D eigenvalue weighted by Gasteiger charge is -2.13. The minimum absolute atomic E-state index is 0.0980. The van der Waals surface area contributed by atoms with E-state index in [1.807, 2.05) is 51.1 Å². The van der Waals surface area contributed by atoms with Crippen LogP contribution in [-0.4, -0.2) is 5.97 Å². The number of carbonyl (C=O) groups excluding carboxylic acids is 1. The van der Waals surface area contributed by atoms with Gasteiger partial charge in [0.2, 0.25) is 11.2 Å². The topological polar surface area (TPSA) is 56.5 Å². The number of rotatable bonds is 3. The molecule has 3 aromatic carbocycles. The van der Waals surface area contributed by atoms with Gasteiger partial charge >= 0.3 is 5.97 Å². The van der Waals surface area contributed by atoms with Crippen molar-refractivity contribution in [3.05, 3.63) is 97.1 Å². The minimum atomic E-state index is -0.772. The molecule has 0 bridgehead atoms. The van der Waals surface area contributed by atoms with Gasteiger partial charge in [-0.25, -0.2) is 4.79 Å². The molecule has 1 aromatic heterocycles. The highest BCUT2D eigenvalue weighted by molar-refractivity contribution is 6.36. The first-order valence-corrected chi connectivity index (χ1v) is 10.3. The lowest BCUT2D eigenvalue weighted by atomic mass is 10.0. The van der Waals surface area contributed by atoms with E-state index in [-0.39, 0.29) is 22.1 Å². The van der Waals surface area contributed by atoms with Crippen molar-refractivity contribution in [2.24, 2.45) is 0 Å². The molecule has 31 heavy (non-hydrogen) atoms. The molecule has 0 aliphatic carbocycles. The fourth-order valence-electron chi connectivity index (χ4n) is 3.42. The van der Waals surface area contributed by atoms with Gasteiger partial charge in [0.05, 0.1) is 16.0 Å². The molecule has 0 atom stereocenters. The van der Waals surface area contributed by atoms with Crippen LogP contribution in [0, 0.1) is 20.8 Å². The standard InChI is InChI=1S/C25H18Cl2O4/c1-13-4-6-16(7-5-13)23-24(31-25(29)18-9-8-17(26)12-20(18)27)21(28)19-11-14(2)10-15(3)22(19)30-23/h4-12H,1-3H3. The monoisotopic (exact) mass is 452 g/mol. The predicted molar refractivity (Wildman–Crippen MR) is 124 cm³/mol. The zero-order chi connectivity index (χ0) is 22.3. The Labute approximate surface area is 189 Å². The number of hydrogen-bond acceptors (Lipinski definition) is 4. The zero-order valence-electron chi connectivity index (χ0n) is 17.1. The summed E-state index contributed by atoms with van der Waals surface area (Å²) in [5, 5.41) is 0.864. The van der Waals surface area contributed by atoms with Crippen molar-refractivity contribution in [1.29, 1.82) is 0 Å². The normalized spacial score (nSPS) is 11.0. The van der Waals surface area contributed by atoms with Crippen LogP contribution in [0.2, 0.25) is 10.0 Å². The van der Waals surface area contributed by atoms with Crippen LogP contribution in [0.4, 0.5) is 0 Å². The van der Waals surface area contributed by atoms with Gasteiger partial charge in [0, 0.05) is 10.6 Å². The second kappa shape index (κ2) is 8.22. The van der Waals surface area contributed by atoms with E-state index in [0.29, 0.717) is 21.6 Å². The molecule has 0 radical (unpaired) electrons. The summed E-state index contributed by atoms with van der Waals surface area (Å²) >= 11 is 12.1. The highest BCUT2D eigenvalue weighted by Gasteiger charge is 2.23. The van der Waals surface area contributed by atoms with E-state index >= 15 is 0 Å². The van der Waals surface area contributed by atoms with E-state index < -0.39 is 11.4 Å². The molecule has 0 amide bonds. The van der Waals surface area contributed by atoms with Gasteiger partial charge in [0.15, 0.2) is 5.76 Å². The van der Waals surface area contributed by atoms with E-state index in [1.54, 1.807) is 6.07 Å². The molecule has 0 aliphatic heterocycles. The Balaban J connectivity index is 1.94. The van der Waals surface area contributed by atoms with Crippen molar-refractivity contribution in [1.82, 2.24) is 0 Å². The number of esters is 1. The number of carbonyl (C=O) groups is 1. The molecule has 0 spiro atoms. The number of fused-ring (bicyclic) bond motifs is 1. The molecular formula is C25H18Cl2O4. The maximum atomic E-state index is 13.4. The predicted octanol–water partition coefficient (Wildman–Crippen LogP) is 6.91. The summed E-state index contributed by atoms with van der Waals surface area (Å²) in [6.45, 7) is 5.71. The van der Waals surface area contributed by atoms with Crippen molar-refractivity contribution in [3.8, 4) is 17.1 Å². The third-order valence-corrected chi connectivity index (χ3v) is 5.49. The van der Waals surface area contributed by atoms with Crippen LogP contribution in [0.5, 0.6) is 5.75 Å². The van der Waals surface area contributed by atoms with E-state index in [4.69, 9.17) is 32.4 Å². The summed E-state index contributed by atoms with van der Waals surface area (Å²) < 4.78 is 11.7. The highest BCUT2D eigenvalue weighted by atomic mass is 35.5. The second-order valence-corrected chi connectivity index (χ2v) is 8.27. The van der Waals surface area contributed by atoms with Crippen molar-refractivity contribution < 1.29 is 13.9 Å². The van der Waals surface area contributed by atoms with Gasteiger partial charge in [0.1, 0.15) is 5.58 Å². The summed E-state index contributed by atoms with van der Waals surface area (Å²) in [5.41, 5.74) is 3.51. The molecule has 4 aromatic rings. The molecule has 0 fully saturated rings. The van der Waals surface area contributed by atoms with Gasteiger partial charge in [-0.05, 0) is 56.2 Å². The van der Waals surface area contributed by atoms with Crippen molar-refractivity contribution in [3.63, 3.8) is 0 Å². The average Bonchev–Trinajstić information content (AvgIpc) is 2.71. The Kier molecular flexibility index (Phi) is 5.61. The smallest absolute Gasteiger partial charge is 0.345 e. The first-order valence-electron chi connectivity index (χ1n) is 9.57. The Morgan fingerprint density at radius 1 is 0.903 bits per heavy atom. The van der Waals surface area contributed by atoms with Crippen LogP contribution in [0.15, 0.2) is 63.8 Å². The molecule has 0 saturated heterocycles. The van der Waals surface area contributed by atoms with Crippen molar-refractivity contribution in [2.45, 2.75) is 20.8 Å². The fraction of sp³-hybridized carbons (Fsp3) is 0.120.